The molecule has 0 spiro atoms. The summed E-state index contributed by atoms with van der Waals surface area (Å²) in [7, 11) is 0. The molecule has 2 aromatic carbocycles. The predicted octanol–water partition coefficient (Wildman–Crippen LogP) is 4.39. The van der Waals surface area contributed by atoms with Crippen molar-refractivity contribution >= 4 is 45.3 Å². The zero-order chi connectivity index (χ0) is 18.4. The third-order valence-corrected chi connectivity index (χ3v) is 4.55. The monoisotopic (exact) mass is 429 g/mol. The van der Waals surface area contributed by atoms with E-state index in [9.17, 15) is 18.4 Å². The molecule has 1 atom stereocenters. The van der Waals surface area contributed by atoms with E-state index in [1.807, 2.05) is 24.3 Å². The van der Waals surface area contributed by atoms with Gasteiger partial charge in [-0.25, -0.2) is 8.78 Å². The highest BCUT2D eigenvalue weighted by molar-refractivity contribution is 9.10. The van der Waals surface area contributed by atoms with Gasteiger partial charge in [-0.3, -0.25) is 9.59 Å². The Kier molecular flexibility index (Phi) is 6.95. The number of amides is 1. The summed E-state index contributed by atoms with van der Waals surface area (Å²) < 4.78 is 32.5. The van der Waals surface area contributed by atoms with Crippen molar-refractivity contribution in [1.82, 2.24) is 0 Å². The average molecular weight is 430 g/mol. The molecule has 25 heavy (non-hydrogen) atoms. The third-order valence-electron chi connectivity index (χ3n) is 3.03. The van der Waals surface area contributed by atoms with E-state index in [4.69, 9.17) is 4.74 Å². The Hall–Kier alpha value is -1.93. The van der Waals surface area contributed by atoms with Gasteiger partial charge < -0.3 is 10.1 Å². The van der Waals surface area contributed by atoms with Crippen LogP contribution in [-0.4, -0.2) is 23.7 Å². The van der Waals surface area contributed by atoms with Gasteiger partial charge in [0.2, 0.25) is 0 Å². The number of halogens is 3. The Morgan fingerprint density at radius 3 is 2.56 bits per heavy atom. The van der Waals surface area contributed by atoms with Gasteiger partial charge in [0.05, 0.1) is 11.4 Å². The van der Waals surface area contributed by atoms with Crippen molar-refractivity contribution in [3.63, 3.8) is 0 Å². The standard InChI is InChI=1S/C17H14BrF2NO3S/c1-10(17(23)21-15-8-12(19)4-7-14(15)20)24-16(22)9-25-13-5-2-11(18)3-6-13/h2-8,10H,9H2,1H3,(H,21,23). The Morgan fingerprint density at radius 2 is 1.88 bits per heavy atom. The number of nitrogens with one attached hydrogen (secondary N) is 1. The van der Waals surface area contributed by atoms with Crippen LogP contribution in [0.2, 0.25) is 0 Å². The van der Waals surface area contributed by atoms with Gasteiger partial charge in [0.15, 0.2) is 6.10 Å². The second-order valence-electron chi connectivity index (χ2n) is 4.99. The largest absolute Gasteiger partial charge is 0.452 e. The molecule has 0 bridgehead atoms. The van der Waals surface area contributed by atoms with Gasteiger partial charge in [-0.2, -0.15) is 0 Å². The Bertz CT molecular complexity index is 771. The van der Waals surface area contributed by atoms with E-state index in [2.05, 4.69) is 21.2 Å². The molecular formula is C17H14BrF2NO3S. The highest BCUT2D eigenvalue weighted by Gasteiger charge is 2.19. The summed E-state index contributed by atoms with van der Waals surface area (Å²) in [5, 5.41) is 2.19. The van der Waals surface area contributed by atoms with Crippen LogP contribution < -0.4 is 5.32 Å². The highest BCUT2D eigenvalue weighted by atomic mass is 79.9. The number of esters is 1. The van der Waals surface area contributed by atoms with Crippen molar-refractivity contribution < 1.29 is 23.1 Å². The number of thioether (sulfide) groups is 1. The Balaban J connectivity index is 1.84. The van der Waals surface area contributed by atoms with E-state index in [1.54, 1.807) is 0 Å². The number of carbonyl (C=O) groups is 2. The van der Waals surface area contributed by atoms with Crippen LogP contribution in [0.5, 0.6) is 0 Å². The topological polar surface area (TPSA) is 55.4 Å². The third kappa shape index (κ3) is 6.13. The van der Waals surface area contributed by atoms with E-state index in [0.29, 0.717) is 0 Å². The Morgan fingerprint density at radius 1 is 1.20 bits per heavy atom. The van der Waals surface area contributed by atoms with Crippen LogP contribution in [0.3, 0.4) is 0 Å². The molecule has 0 aliphatic rings. The van der Waals surface area contributed by atoms with Gasteiger partial charge in [-0.15, -0.1) is 11.8 Å². The summed E-state index contributed by atoms with van der Waals surface area (Å²) in [6.45, 7) is 1.36. The van der Waals surface area contributed by atoms with Gasteiger partial charge in [-0.05, 0) is 43.3 Å². The van der Waals surface area contributed by atoms with Gasteiger partial charge in [0.25, 0.3) is 5.91 Å². The van der Waals surface area contributed by atoms with Crippen molar-refractivity contribution in [2.75, 3.05) is 11.1 Å². The maximum absolute atomic E-state index is 13.5. The summed E-state index contributed by atoms with van der Waals surface area (Å²) in [5.74, 6) is -2.78. The summed E-state index contributed by atoms with van der Waals surface area (Å²) in [5.41, 5.74) is -0.308. The Labute approximate surface area is 156 Å². The van der Waals surface area contributed by atoms with Gasteiger partial charge >= 0.3 is 5.97 Å². The summed E-state index contributed by atoms with van der Waals surface area (Å²) in [4.78, 5) is 24.6. The second kappa shape index (κ2) is 8.96. The van der Waals surface area contributed by atoms with Crippen LogP contribution in [0.4, 0.5) is 14.5 Å². The van der Waals surface area contributed by atoms with E-state index in [0.717, 1.165) is 27.6 Å². The lowest BCUT2D eigenvalue weighted by atomic mass is 10.2. The first-order chi connectivity index (χ1) is 11.8. The van der Waals surface area contributed by atoms with Crippen molar-refractivity contribution in [2.24, 2.45) is 0 Å². The van der Waals surface area contributed by atoms with Gasteiger partial charge in [0.1, 0.15) is 11.6 Å². The van der Waals surface area contributed by atoms with Crippen LogP contribution in [0.15, 0.2) is 51.8 Å². The summed E-state index contributed by atoms with van der Waals surface area (Å²) in [6, 6.07) is 10.1. The molecule has 4 nitrogen and oxygen atoms in total. The van der Waals surface area contributed by atoms with Crippen LogP contribution in [-0.2, 0) is 14.3 Å². The lowest BCUT2D eigenvalue weighted by Crippen LogP contribution is -2.30. The number of ether oxygens (including phenoxy) is 1. The predicted molar refractivity (Wildman–Crippen MR) is 95.4 cm³/mol. The normalized spacial score (nSPS) is 11.7. The fourth-order valence-electron chi connectivity index (χ4n) is 1.79. The van der Waals surface area contributed by atoms with Crippen molar-refractivity contribution in [1.29, 1.82) is 0 Å². The lowest BCUT2D eigenvalue weighted by Gasteiger charge is -2.14. The molecule has 2 aromatic rings. The van der Waals surface area contributed by atoms with Crippen LogP contribution in [0, 0.1) is 11.6 Å². The molecule has 2 rings (SSSR count). The number of benzene rings is 2. The molecule has 0 fully saturated rings. The molecule has 1 N–H and O–H groups in total. The first-order valence-corrected chi connectivity index (χ1v) is 8.97. The van der Waals surface area contributed by atoms with Gasteiger partial charge in [0, 0.05) is 15.4 Å². The maximum atomic E-state index is 13.5. The number of hydrogen-bond donors (Lipinski definition) is 1. The lowest BCUT2D eigenvalue weighted by molar-refractivity contribution is -0.150. The molecule has 0 saturated heterocycles. The number of carbonyl (C=O) groups excluding carboxylic acids is 2. The molecule has 0 aromatic heterocycles. The van der Waals surface area contributed by atoms with E-state index < -0.39 is 29.6 Å². The summed E-state index contributed by atoms with van der Waals surface area (Å²) in [6.07, 6.45) is -1.14. The highest BCUT2D eigenvalue weighted by Crippen LogP contribution is 2.21. The molecule has 0 heterocycles. The summed E-state index contributed by atoms with van der Waals surface area (Å²) >= 11 is 4.58. The van der Waals surface area contributed by atoms with Crippen LogP contribution >= 0.6 is 27.7 Å². The van der Waals surface area contributed by atoms with Crippen molar-refractivity contribution in [2.45, 2.75) is 17.9 Å². The number of hydrogen-bond acceptors (Lipinski definition) is 4. The fraction of sp³-hybridized carbons (Fsp3) is 0.176. The van der Waals surface area contributed by atoms with Crippen LogP contribution in [0.1, 0.15) is 6.92 Å². The maximum Gasteiger partial charge on any atom is 0.317 e. The van der Waals surface area contributed by atoms with Crippen LogP contribution in [0.25, 0.3) is 0 Å². The molecule has 0 aliphatic carbocycles. The molecule has 1 unspecified atom stereocenters. The van der Waals surface area contributed by atoms with Crippen molar-refractivity contribution in [3.8, 4) is 0 Å². The smallest absolute Gasteiger partial charge is 0.317 e. The molecule has 8 heteroatoms. The van der Waals surface area contributed by atoms with E-state index in [1.165, 1.54) is 18.7 Å². The minimum absolute atomic E-state index is 0.0214. The molecule has 0 saturated carbocycles. The first kappa shape index (κ1) is 19.4. The molecule has 132 valence electrons. The average Bonchev–Trinajstić information content (AvgIpc) is 2.57. The first-order valence-electron chi connectivity index (χ1n) is 7.19. The van der Waals surface area contributed by atoms with E-state index in [-0.39, 0.29) is 11.4 Å². The fourth-order valence-corrected chi connectivity index (χ4v) is 2.73. The zero-order valence-electron chi connectivity index (χ0n) is 13.1. The molecule has 0 aliphatic heterocycles. The minimum atomic E-state index is -1.14. The van der Waals surface area contributed by atoms with Gasteiger partial charge in [-0.1, -0.05) is 15.9 Å². The SMILES string of the molecule is CC(OC(=O)CSc1ccc(Br)cc1)C(=O)Nc1cc(F)ccc1F. The second-order valence-corrected chi connectivity index (χ2v) is 6.95. The zero-order valence-corrected chi connectivity index (χ0v) is 15.5. The number of rotatable bonds is 6. The molecular weight excluding hydrogens is 416 g/mol. The quantitative estimate of drug-likeness (QED) is 0.546. The molecule has 0 radical (unpaired) electrons. The van der Waals surface area contributed by atoms with Crippen molar-refractivity contribution in [3.05, 3.63) is 58.6 Å². The van der Waals surface area contributed by atoms with E-state index >= 15 is 0 Å². The minimum Gasteiger partial charge on any atom is -0.452 e. The molecule has 1 amide bonds. The number of anilines is 1.